The fraction of sp³-hybridized carbons (Fsp3) is 0.639. The minimum Gasteiger partial charge on any atom is -0.497 e. The quantitative estimate of drug-likeness (QED) is 0.0334. The molecule has 4 aromatic rings. The summed E-state index contributed by atoms with van der Waals surface area (Å²) in [4.78, 5) is 0. The Morgan fingerprint density at radius 2 is 0.885 bits per heavy atom. The van der Waals surface area contributed by atoms with Gasteiger partial charge in [0.25, 0.3) is 0 Å². The predicted octanol–water partition coefficient (Wildman–Crippen LogP) is 16.5. The number of fused-ring (bicyclic) bond motifs is 2. The summed E-state index contributed by atoms with van der Waals surface area (Å²) in [6.07, 6.45) is 4.56. The average Bonchev–Trinajstić information content (AvgIpc) is 0.899. The van der Waals surface area contributed by atoms with E-state index in [1.807, 2.05) is 18.2 Å². The smallest absolute Gasteiger partial charge is 0.192 e. The fourth-order valence-electron chi connectivity index (χ4n) is 14.6. The van der Waals surface area contributed by atoms with Crippen LogP contribution >= 0.6 is 0 Å². The minimum absolute atomic E-state index is 0.165. The Morgan fingerprint density at radius 1 is 0.425 bits per heavy atom. The Morgan fingerprint density at radius 3 is 1.40 bits per heavy atom. The van der Waals surface area contributed by atoms with Crippen LogP contribution in [0.15, 0.2) is 127 Å². The van der Waals surface area contributed by atoms with Gasteiger partial charge in [-0.3, -0.25) is 0 Å². The molecule has 4 heterocycles. The molecular weight excluding hydrogens is 1140 g/mol. The zero-order chi connectivity index (χ0) is 61.2. The molecule has 12 nitrogen and oxygen atoms in total. The largest absolute Gasteiger partial charge is 0.497 e. The van der Waals surface area contributed by atoms with Gasteiger partial charge in [0.1, 0.15) is 54.6 Å². The van der Waals surface area contributed by atoms with Gasteiger partial charge in [-0.15, -0.1) is 0 Å². The van der Waals surface area contributed by atoms with Crippen molar-refractivity contribution >= 4 is 25.0 Å². The third-order valence-corrected chi connectivity index (χ3v) is 34.8. The van der Waals surface area contributed by atoms with Crippen LogP contribution in [-0.4, -0.2) is 118 Å². The van der Waals surface area contributed by atoms with E-state index in [4.69, 9.17) is 55.9 Å². The molecule has 0 radical (unpaired) electrons. The van der Waals surface area contributed by atoms with Gasteiger partial charge in [-0.2, -0.15) is 0 Å². The van der Waals surface area contributed by atoms with Gasteiger partial charge >= 0.3 is 0 Å². The van der Waals surface area contributed by atoms with E-state index in [-0.39, 0.29) is 24.4 Å². The summed E-state index contributed by atoms with van der Waals surface area (Å²) >= 11 is 0. The number of rotatable bonds is 33. The first kappa shape index (κ1) is 67.9. The Hall–Kier alpha value is -3.53. The van der Waals surface area contributed by atoms with Crippen molar-refractivity contribution in [3.8, 4) is 5.75 Å². The third kappa shape index (κ3) is 17.0. The van der Waals surface area contributed by atoms with Crippen LogP contribution in [0.5, 0.6) is 5.75 Å². The molecule has 15 heteroatoms. The zero-order valence-electron chi connectivity index (χ0n) is 54.6. The molecule has 5 aliphatic rings. The molecule has 3 saturated heterocycles. The fourth-order valence-corrected chi connectivity index (χ4v) is 23.2. The predicted molar refractivity (Wildman–Crippen MR) is 353 cm³/mol. The summed E-state index contributed by atoms with van der Waals surface area (Å²) in [5.74, 6) is 1.98. The molecule has 480 valence electrons. The molecule has 0 unspecified atom stereocenters. The van der Waals surface area contributed by atoms with Gasteiger partial charge in [-0.25, -0.2) is 0 Å². The van der Waals surface area contributed by atoms with E-state index in [2.05, 4.69) is 165 Å². The Kier molecular flexibility index (Phi) is 25.9. The summed E-state index contributed by atoms with van der Waals surface area (Å²) in [5.41, 5.74) is 4.34. The number of benzene rings is 4. The second-order valence-electron chi connectivity index (χ2n) is 25.5. The molecule has 1 saturated carbocycles. The number of ether oxygens (including phenoxy) is 9. The van der Waals surface area contributed by atoms with Crippen LogP contribution in [0.25, 0.3) is 0 Å². The zero-order valence-corrected chi connectivity index (χ0v) is 57.6. The van der Waals surface area contributed by atoms with Crippen LogP contribution in [0.1, 0.15) is 136 Å². The van der Waals surface area contributed by atoms with E-state index >= 15 is 0 Å². The molecule has 9 rings (SSSR count). The van der Waals surface area contributed by atoms with E-state index < -0.39 is 79.9 Å². The van der Waals surface area contributed by atoms with Crippen LogP contribution in [0, 0.1) is 5.92 Å². The van der Waals surface area contributed by atoms with Gasteiger partial charge in [0.05, 0.1) is 63.7 Å². The standard InChI is InChI=1S/C72H108O12Si3/c1-11-85(12-2,13-3)82-66-62(79-61(46-47-74-49-53-32-24-20-25-33-53)64(67(66)76-50-54-34-26-21-27-35-54)75-52-56-40-42-58(73-10)43-41-56)48-59-44-45-60-65(78-59)68(77-51-55-36-28-22-29-37-55)69-70(80-60)72(84-87(17-7,18-8)19-9)71(83-86(14-4,15-5)16-6)63(81-69)57-38-30-23-31-39-57/h20-22,24-29,32-37,40-44,57,60-72H,11-19,23,30-31,38-39,45-52H2,1-10H3/t60-,61-,62+,63-,64-,65-,66+,67-,68+,69+,70+,71-,72-/m0/s1. The summed E-state index contributed by atoms with van der Waals surface area (Å²) < 4.78 is 88.3. The molecule has 1 aliphatic carbocycles. The highest BCUT2D eigenvalue weighted by atomic mass is 28.4. The van der Waals surface area contributed by atoms with Gasteiger partial charge in [-0.1, -0.05) is 185 Å². The van der Waals surface area contributed by atoms with Crippen molar-refractivity contribution in [1.29, 1.82) is 0 Å². The van der Waals surface area contributed by atoms with Crippen molar-refractivity contribution < 1.29 is 55.9 Å². The summed E-state index contributed by atoms with van der Waals surface area (Å²) in [7, 11) is -5.09. The van der Waals surface area contributed by atoms with Gasteiger partial charge in [0, 0.05) is 13.0 Å². The molecule has 4 aromatic carbocycles. The first-order valence-corrected chi connectivity index (χ1v) is 41.6. The Balaban J connectivity index is 1.10. The molecule has 13 atom stereocenters. The van der Waals surface area contributed by atoms with Crippen LogP contribution in [0.3, 0.4) is 0 Å². The normalized spacial score (nSPS) is 28.1. The van der Waals surface area contributed by atoms with E-state index in [1.54, 1.807) is 7.11 Å². The number of hydrogen-bond acceptors (Lipinski definition) is 12. The van der Waals surface area contributed by atoms with E-state index in [9.17, 15) is 0 Å². The maximum absolute atomic E-state index is 7.94. The van der Waals surface area contributed by atoms with E-state index in [1.165, 1.54) is 19.3 Å². The SMILES string of the molecule is CC[Si](CC)(CC)O[C@H]1[C@@H]2O[C@H]3CC=C(C[C@H]4O[C@@H](CCOCc5ccccc5)[C@H](OCc5ccc(OC)cc5)[C@H](OCc5ccccc5)[C@@H]4O[Si](CC)(CC)CC)O[C@@H]3[C@@H](OCc3ccccc3)[C@H]2O[C@@H](C2CCCCC2)[C@@H]1O[Si](CC)(CC)CC. The van der Waals surface area contributed by atoms with Gasteiger partial charge in [-0.05, 0) is 126 Å². The van der Waals surface area contributed by atoms with Crippen LogP contribution in [-0.2, 0) is 77.6 Å². The first-order valence-electron chi connectivity index (χ1n) is 34.0. The van der Waals surface area contributed by atoms with Crippen molar-refractivity contribution in [2.24, 2.45) is 5.92 Å². The summed E-state index contributed by atoms with van der Waals surface area (Å²) in [5, 5.41) is 0. The lowest BCUT2D eigenvalue weighted by molar-refractivity contribution is -0.323. The molecular formula is C72H108O12Si3. The second kappa shape index (κ2) is 33.2. The monoisotopic (exact) mass is 1250 g/mol. The number of methoxy groups -OCH3 is 1. The van der Waals surface area contributed by atoms with Crippen molar-refractivity contribution in [1.82, 2.24) is 0 Å². The number of hydrogen-bond donors (Lipinski definition) is 0. The van der Waals surface area contributed by atoms with Crippen molar-refractivity contribution in [3.05, 3.63) is 149 Å². The third-order valence-electron chi connectivity index (χ3n) is 20.9. The van der Waals surface area contributed by atoms with E-state index in [0.717, 1.165) is 101 Å². The van der Waals surface area contributed by atoms with Crippen molar-refractivity contribution in [2.45, 2.75) is 274 Å². The van der Waals surface area contributed by atoms with Crippen LogP contribution in [0.4, 0.5) is 0 Å². The lowest BCUT2D eigenvalue weighted by atomic mass is 9.77. The van der Waals surface area contributed by atoms with Gasteiger partial charge in [0.2, 0.25) is 0 Å². The topological polar surface area (TPSA) is 111 Å². The van der Waals surface area contributed by atoms with E-state index in [0.29, 0.717) is 58.2 Å². The highest BCUT2D eigenvalue weighted by Crippen LogP contribution is 2.48. The Bertz CT molecular complexity index is 2590. The maximum atomic E-state index is 7.94. The van der Waals surface area contributed by atoms with Gasteiger partial charge in [0.15, 0.2) is 31.1 Å². The van der Waals surface area contributed by atoms with Crippen LogP contribution in [0.2, 0.25) is 54.4 Å². The minimum atomic E-state index is -2.35. The lowest BCUT2D eigenvalue weighted by Crippen LogP contribution is -2.73. The molecule has 0 amide bonds. The highest BCUT2D eigenvalue weighted by Gasteiger charge is 2.62. The molecule has 87 heavy (non-hydrogen) atoms. The maximum Gasteiger partial charge on any atom is 0.192 e. The lowest BCUT2D eigenvalue weighted by Gasteiger charge is -2.58. The summed E-state index contributed by atoms with van der Waals surface area (Å²) in [6, 6.07) is 48.6. The molecule has 0 bridgehead atoms. The van der Waals surface area contributed by atoms with Crippen molar-refractivity contribution in [3.63, 3.8) is 0 Å². The van der Waals surface area contributed by atoms with Crippen molar-refractivity contribution in [2.75, 3.05) is 13.7 Å². The average molecular weight is 1250 g/mol. The Labute approximate surface area is 526 Å². The molecule has 0 spiro atoms. The first-order chi connectivity index (χ1) is 42.5. The molecule has 0 aromatic heterocycles. The van der Waals surface area contributed by atoms with Crippen LogP contribution < -0.4 is 4.74 Å². The molecule has 4 fully saturated rings. The highest BCUT2D eigenvalue weighted by molar-refractivity contribution is 6.74. The molecule has 4 aliphatic heterocycles. The van der Waals surface area contributed by atoms with Gasteiger partial charge < -0.3 is 55.9 Å². The molecule has 0 N–H and O–H groups in total. The second-order valence-corrected chi connectivity index (χ2v) is 39.6. The summed E-state index contributed by atoms with van der Waals surface area (Å²) in [6.45, 7) is 23.0.